The summed E-state index contributed by atoms with van der Waals surface area (Å²) in [6.45, 7) is 6.89. The van der Waals surface area contributed by atoms with Gasteiger partial charge in [0.1, 0.15) is 0 Å². The minimum atomic E-state index is 0.0831. The first-order chi connectivity index (χ1) is 10.1. The molecule has 1 aromatic rings. The van der Waals surface area contributed by atoms with E-state index in [4.69, 9.17) is 17.3 Å². The number of nitrogens with zero attached hydrogens (tertiary/aromatic N) is 1. The summed E-state index contributed by atoms with van der Waals surface area (Å²) < 4.78 is 0. The molecule has 3 heteroatoms. The topological polar surface area (TPSA) is 29.3 Å². The molecule has 0 aliphatic heterocycles. The summed E-state index contributed by atoms with van der Waals surface area (Å²) in [6.07, 6.45) is 6.50. The third kappa shape index (κ3) is 5.28. The molecule has 21 heavy (non-hydrogen) atoms. The first-order valence-corrected chi connectivity index (χ1v) is 8.69. The summed E-state index contributed by atoms with van der Waals surface area (Å²) in [4.78, 5) is 2.67. The number of hydrogen-bond acceptors (Lipinski definition) is 2. The number of rotatable bonds is 7. The Morgan fingerprint density at radius 3 is 2.62 bits per heavy atom. The van der Waals surface area contributed by atoms with Gasteiger partial charge in [-0.15, -0.1) is 0 Å². The van der Waals surface area contributed by atoms with Gasteiger partial charge in [-0.1, -0.05) is 50.4 Å². The van der Waals surface area contributed by atoms with Crippen molar-refractivity contribution in [2.45, 2.75) is 58.0 Å². The van der Waals surface area contributed by atoms with Crippen LogP contribution in [-0.2, 0) is 0 Å². The van der Waals surface area contributed by atoms with Crippen LogP contribution in [0.25, 0.3) is 0 Å². The van der Waals surface area contributed by atoms with E-state index in [0.29, 0.717) is 5.92 Å². The molecule has 118 valence electrons. The Hall–Kier alpha value is -0.570. The Labute approximate surface area is 134 Å². The predicted molar refractivity (Wildman–Crippen MR) is 91.7 cm³/mol. The van der Waals surface area contributed by atoms with E-state index in [1.807, 2.05) is 18.2 Å². The molecular weight excluding hydrogens is 280 g/mol. The molecule has 0 heterocycles. The van der Waals surface area contributed by atoms with Crippen molar-refractivity contribution >= 4 is 11.6 Å². The van der Waals surface area contributed by atoms with E-state index < -0.39 is 0 Å². The van der Waals surface area contributed by atoms with Gasteiger partial charge in [-0.2, -0.15) is 0 Å². The lowest BCUT2D eigenvalue weighted by Gasteiger charge is -2.31. The van der Waals surface area contributed by atoms with Gasteiger partial charge in [-0.25, -0.2) is 0 Å². The molecule has 0 saturated heterocycles. The van der Waals surface area contributed by atoms with Crippen molar-refractivity contribution in [2.24, 2.45) is 11.7 Å². The molecule has 1 saturated carbocycles. The minimum absolute atomic E-state index is 0.0831. The van der Waals surface area contributed by atoms with Gasteiger partial charge in [0, 0.05) is 30.2 Å². The van der Waals surface area contributed by atoms with Crippen LogP contribution in [0.2, 0.25) is 5.02 Å². The van der Waals surface area contributed by atoms with Crippen molar-refractivity contribution in [1.29, 1.82) is 0 Å². The highest BCUT2D eigenvalue weighted by atomic mass is 35.5. The van der Waals surface area contributed by atoms with Gasteiger partial charge in [-0.3, -0.25) is 0 Å². The molecule has 0 amide bonds. The van der Waals surface area contributed by atoms with Gasteiger partial charge in [0.2, 0.25) is 0 Å². The number of halogens is 1. The molecule has 1 aromatic carbocycles. The maximum atomic E-state index is 6.36. The molecule has 1 aliphatic rings. The Morgan fingerprint density at radius 1 is 1.29 bits per heavy atom. The Balaban J connectivity index is 1.90. The maximum absolute atomic E-state index is 6.36. The van der Waals surface area contributed by atoms with E-state index in [1.54, 1.807) is 0 Å². The standard InChI is InChI=1S/C18H29ClN2/c1-14(2)13-21(17-8-3-4-9-17)11-10-18(20)15-6-5-7-16(19)12-15/h5-7,12,14,17-18H,3-4,8-11,13,20H2,1-2H3. The highest BCUT2D eigenvalue weighted by Crippen LogP contribution is 2.26. The molecule has 0 aromatic heterocycles. The first-order valence-electron chi connectivity index (χ1n) is 8.31. The Morgan fingerprint density at radius 2 is 2.00 bits per heavy atom. The monoisotopic (exact) mass is 308 g/mol. The second kappa shape index (κ2) is 8.17. The molecule has 0 radical (unpaired) electrons. The molecule has 0 spiro atoms. The first kappa shape index (κ1) is 16.8. The van der Waals surface area contributed by atoms with E-state index in [0.717, 1.165) is 29.6 Å². The fourth-order valence-electron chi connectivity index (χ4n) is 3.37. The van der Waals surface area contributed by atoms with Crippen LogP contribution in [0.1, 0.15) is 57.6 Å². The average Bonchev–Trinajstić information content (AvgIpc) is 2.96. The summed E-state index contributed by atoms with van der Waals surface area (Å²) >= 11 is 6.06. The van der Waals surface area contributed by atoms with Gasteiger partial charge in [0.05, 0.1) is 0 Å². The summed E-state index contributed by atoms with van der Waals surface area (Å²) in [5, 5.41) is 0.776. The van der Waals surface area contributed by atoms with E-state index in [9.17, 15) is 0 Å². The Bertz CT molecular complexity index is 427. The van der Waals surface area contributed by atoms with E-state index in [2.05, 4.69) is 24.8 Å². The zero-order valence-corrected chi connectivity index (χ0v) is 14.1. The molecule has 1 unspecified atom stereocenters. The van der Waals surface area contributed by atoms with Crippen LogP contribution >= 0.6 is 11.6 Å². The molecule has 0 bridgehead atoms. The van der Waals surface area contributed by atoms with Crippen molar-refractivity contribution in [3.8, 4) is 0 Å². The predicted octanol–water partition coefficient (Wildman–Crippen LogP) is 4.63. The van der Waals surface area contributed by atoms with E-state index in [-0.39, 0.29) is 6.04 Å². The van der Waals surface area contributed by atoms with Crippen LogP contribution in [-0.4, -0.2) is 24.0 Å². The van der Waals surface area contributed by atoms with Crippen LogP contribution in [0.15, 0.2) is 24.3 Å². The smallest absolute Gasteiger partial charge is 0.0409 e. The van der Waals surface area contributed by atoms with Crippen LogP contribution in [0.3, 0.4) is 0 Å². The summed E-state index contributed by atoms with van der Waals surface area (Å²) in [7, 11) is 0. The van der Waals surface area contributed by atoms with Crippen LogP contribution in [0.5, 0.6) is 0 Å². The SMILES string of the molecule is CC(C)CN(CCC(N)c1cccc(Cl)c1)C1CCCC1. The summed E-state index contributed by atoms with van der Waals surface area (Å²) in [5.74, 6) is 0.716. The summed E-state index contributed by atoms with van der Waals surface area (Å²) in [6, 6.07) is 8.83. The van der Waals surface area contributed by atoms with Crippen molar-refractivity contribution in [3.63, 3.8) is 0 Å². The average molecular weight is 309 g/mol. The van der Waals surface area contributed by atoms with Gasteiger partial charge < -0.3 is 10.6 Å². The number of benzene rings is 1. The zero-order chi connectivity index (χ0) is 15.2. The van der Waals surface area contributed by atoms with Gasteiger partial charge in [0.25, 0.3) is 0 Å². The van der Waals surface area contributed by atoms with Crippen molar-refractivity contribution in [2.75, 3.05) is 13.1 Å². The fraction of sp³-hybridized carbons (Fsp3) is 0.667. The molecule has 2 nitrogen and oxygen atoms in total. The lowest BCUT2D eigenvalue weighted by atomic mass is 10.0. The summed E-state index contributed by atoms with van der Waals surface area (Å²) in [5.41, 5.74) is 7.51. The minimum Gasteiger partial charge on any atom is -0.324 e. The van der Waals surface area contributed by atoms with Gasteiger partial charge in [0.15, 0.2) is 0 Å². The van der Waals surface area contributed by atoms with E-state index >= 15 is 0 Å². The van der Waals surface area contributed by atoms with Crippen molar-refractivity contribution in [1.82, 2.24) is 4.90 Å². The molecule has 1 aliphatic carbocycles. The maximum Gasteiger partial charge on any atom is 0.0409 e. The Kier molecular flexibility index (Phi) is 6.53. The zero-order valence-electron chi connectivity index (χ0n) is 13.4. The molecular formula is C18H29ClN2. The number of hydrogen-bond donors (Lipinski definition) is 1. The van der Waals surface area contributed by atoms with Gasteiger partial charge in [-0.05, 0) is 42.9 Å². The van der Waals surface area contributed by atoms with Crippen LogP contribution in [0.4, 0.5) is 0 Å². The third-order valence-electron chi connectivity index (χ3n) is 4.44. The lowest BCUT2D eigenvalue weighted by molar-refractivity contribution is 0.171. The van der Waals surface area contributed by atoms with Gasteiger partial charge >= 0.3 is 0 Å². The van der Waals surface area contributed by atoms with Crippen molar-refractivity contribution < 1.29 is 0 Å². The van der Waals surface area contributed by atoms with Crippen LogP contribution in [0, 0.1) is 5.92 Å². The quantitative estimate of drug-likeness (QED) is 0.795. The fourth-order valence-corrected chi connectivity index (χ4v) is 3.57. The molecule has 1 fully saturated rings. The number of nitrogens with two attached hydrogens (primary N) is 1. The normalized spacial score (nSPS) is 17.8. The van der Waals surface area contributed by atoms with Crippen LogP contribution < -0.4 is 5.73 Å². The largest absolute Gasteiger partial charge is 0.324 e. The molecule has 2 rings (SSSR count). The molecule has 1 atom stereocenters. The second-order valence-electron chi connectivity index (χ2n) is 6.78. The van der Waals surface area contributed by atoms with Crippen molar-refractivity contribution in [3.05, 3.63) is 34.9 Å². The lowest BCUT2D eigenvalue weighted by Crippen LogP contribution is -2.38. The second-order valence-corrected chi connectivity index (χ2v) is 7.21. The highest BCUT2D eigenvalue weighted by Gasteiger charge is 2.23. The highest BCUT2D eigenvalue weighted by molar-refractivity contribution is 6.30. The molecule has 2 N–H and O–H groups in total. The third-order valence-corrected chi connectivity index (χ3v) is 4.68. The van der Waals surface area contributed by atoms with E-state index in [1.165, 1.54) is 32.2 Å².